The number of methoxy groups -OCH3 is 4. The molecule has 4 aromatic carbocycles. The maximum atomic E-state index is 14.1. The van der Waals surface area contributed by atoms with Gasteiger partial charge in [0, 0.05) is 33.2 Å². The van der Waals surface area contributed by atoms with E-state index in [2.05, 4.69) is 31.9 Å². The molecule has 0 unspecified atom stereocenters. The van der Waals surface area contributed by atoms with Gasteiger partial charge in [0.1, 0.15) is 23.1 Å². The molecule has 4 aromatic rings. The molecule has 0 aromatic heterocycles. The summed E-state index contributed by atoms with van der Waals surface area (Å²) in [5.74, 6) is 2.55. The molecule has 2 aliphatic rings. The summed E-state index contributed by atoms with van der Waals surface area (Å²) in [6.45, 7) is 0.297. The van der Waals surface area contributed by atoms with Crippen LogP contribution in [0.15, 0.2) is 115 Å². The second kappa shape index (κ2) is 15.1. The first kappa shape index (κ1) is 34.7. The molecule has 0 fully saturated rings. The van der Waals surface area contributed by atoms with E-state index in [4.69, 9.17) is 28.9 Å². The van der Waals surface area contributed by atoms with Crippen LogP contribution in [0.4, 0.5) is 0 Å². The molecule has 0 spiro atoms. The Labute approximate surface area is 306 Å². The van der Waals surface area contributed by atoms with Crippen LogP contribution in [0.3, 0.4) is 0 Å². The van der Waals surface area contributed by atoms with Gasteiger partial charge >= 0.3 is 0 Å². The number of rotatable bonds is 11. The molecule has 0 N–H and O–H groups in total. The molecule has 2 amide bonds. The number of hydrogen-bond acceptors (Lipinski definition) is 8. The minimum absolute atomic E-state index is 0.149. The molecule has 6 rings (SSSR count). The Bertz CT molecular complexity index is 1960. The lowest BCUT2D eigenvalue weighted by molar-refractivity contribution is -0.125. The first-order chi connectivity index (χ1) is 24.2. The molecular weight excluding hydrogens is 768 g/mol. The third kappa shape index (κ3) is 7.22. The van der Waals surface area contributed by atoms with Gasteiger partial charge in [-0.05, 0) is 71.8 Å². The predicted octanol–water partition coefficient (Wildman–Crippen LogP) is 7.21. The van der Waals surface area contributed by atoms with Crippen molar-refractivity contribution in [2.75, 3.05) is 41.5 Å². The molecule has 12 heteroatoms. The average molecular weight is 801 g/mol. The number of halogens is 2. The molecule has 0 saturated carbocycles. The highest BCUT2D eigenvalue weighted by atomic mass is 79.9. The summed E-state index contributed by atoms with van der Waals surface area (Å²) in [7, 11) is 6.24. The monoisotopic (exact) mass is 798 g/mol. The Hall–Kier alpha value is -5.20. The van der Waals surface area contributed by atoms with E-state index < -0.39 is 0 Å². The molecule has 2 aliphatic heterocycles. The quantitative estimate of drug-likeness (QED) is 0.149. The van der Waals surface area contributed by atoms with Crippen molar-refractivity contribution in [2.24, 2.45) is 9.98 Å². The van der Waals surface area contributed by atoms with Crippen molar-refractivity contribution in [1.29, 1.82) is 0 Å². The van der Waals surface area contributed by atoms with Crippen LogP contribution in [0.5, 0.6) is 23.0 Å². The van der Waals surface area contributed by atoms with E-state index in [9.17, 15) is 9.59 Å². The normalized spacial score (nSPS) is 15.9. The lowest BCUT2D eigenvalue weighted by Gasteiger charge is -2.24. The van der Waals surface area contributed by atoms with Crippen molar-refractivity contribution in [3.63, 3.8) is 0 Å². The highest BCUT2D eigenvalue weighted by Crippen LogP contribution is 2.32. The molecule has 10 nitrogen and oxygen atoms in total. The van der Waals surface area contributed by atoms with Crippen molar-refractivity contribution in [3.05, 3.63) is 128 Å². The number of carbonyl (C=O) groups excluding carboxylic acids is 2. The largest absolute Gasteiger partial charge is 0.493 e. The summed E-state index contributed by atoms with van der Waals surface area (Å²) in [5.41, 5.74) is 3.41. The number of carbonyl (C=O) groups is 2. The van der Waals surface area contributed by atoms with E-state index in [0.29, 0.717) is 45.8 Å². The number of benzene rings is 4. The van der Waals surface area contributed by atoms with E-state index in [0.717, 1.165) is 20.1 Å². The van der Waals surface area contributed by atoms with Gasteiger partial charge in [-0.15, -0.1) is 0 Å². The molecule has 2 heterocycles. The molecule has 254 valence electrons. The minimum atomic E-state index is -0.302. The van der Waals surface area contributed by atoms with Crippen molar-refractivity contribution in [3.8, 4) is 23.0 Å². The Kier molecular flexibility index (Phi) is 10.5. The second-order valence-corrected chi connectivity index (χ2v) is 12.9. The van der Waals surface area contributed by atoms with E-state index in [1.807, 2.05) is 60.7 Å². The van der Waals surface area contributed by atoms with Gasteiger partial charge in [0.25, 0.3) is 11.8 Å². The number of hydrogen-bond donors (Lipinski definition) is 0. The Morgan fingerprint density at radius 2 is 0.960 bits per heavy atom. The van der Waals surface area contributed by atoms with Gasteiger partial charge in [-0.1, -0.05) is 68.3 Å². The van der Waals surface area contributed by atoms with Gasteiger partial charge in [-0.2, -0.15) is 0 Å². The van der Waals surface area contributed by atoms with Crippen LogP contribution in [-0.2, 0) is 9.59 Å². The highest BCUT2D eigenvalue weighted by Gasteiger charge is 2.35. The number of amides is 2. The van der Waals surface area contributed by atoms with E-state index in [1.54, 1.807) is 74.7 Å². The summed E-state index contributed by atoms with van der Waals surface area (Å²) in [6, 6.07) is 25.9. The summed E-state index contributed by atoms with van der Waals surface area (Å²) >= 11 is 7.08. The number of amidine groups is 2. The van der Waals surface area contributed by atoms with Crippen molar-refractivity contribution in [1.82, 2.24) is 9.80 Å². The van der Waals surface area contributed by atoms with Gasteiger partial charge in [0.05, 0.1) is 28.4 Å². The Morgan fingerprint density at radius 3 is 1.32 bits per heavy atom. The van der Waals surface area contributed by atoms with Crippen LogP contribution in [0.2, 0.25) is 0 Å². The van der Waals surface area contributed by atoms with E-state index in [-0.39, 0.29) is 36.3 Å². The molecule has 0 atom stereocenters. The first-order valence-electron chi connectivity index (χ1n) is 15.4. The molecule has 0 aliphatic carbocycles. The molecular formula is C38H32Br2N4O6. The van der Waals surface area contributed by atoms with Crippen LogP contribution in [0.1, 0.15) is 22.3 Å². The number of ether oxygens (including phenoxy) is 4. The zero-order chi connectivity index (χ0) is 35.4. The molecule has 0 radical (unpaired) electrons. The van der Waals surface area contributed by atoms with Gasteiger partial charge in [-0.25, -0.2) is 9.98 Å². The van der Waals surface area contributed by atoms with Crippen molar-refractivity contribution < 1.29 is 28.5 Å². The van der Waals surface area contributed by atoms with E-state index in [1.165, 1.54) is 0 Å². The zero-order valence-corrected chi connectivity index (χ0v) is 30.8. The maximum Gasteiger partial charge on any atom is 0.278 e. The van der Waals surface area contributed by atoms with Crippen molar-refractivity contribution in [2.45, 2.75) is 0 Å². The Morgan fingerprint density at radius 1 is 0.560 bits per heavy atom. The van der Waals surface area contributed by atoms with Gasteiger partial charge in [0.15, 0.2) is 23.0 Å². The van der Waals surface area contributed by atoms with Gasteiger partial charge in [-0.3, -0.25) is 19.4 Å². The maximum absolute atomic E-state index is 14.1. The number of nitrogens with zero attached hydrogens (tertiary/aromatic N) is 4. The predicted molar refractivity (Wildman–Crippen MR) is 200 cm³/mol. The third-order valence-electron chi connectivity index (χ3n) is 8.03. The molecule has 0 bridgehead atoms. The van der Waals surface area contributed by atoms with Gasteiger partial charge < -0.3 is 18.9 Å². The Balaban J connectivity index is 1.34. The second-order valence-electron chi connectivity index (χ2n) is 11.1. The fourth-order valence-electron chi connectivity index (χ4n) is 5.61. The lowest BCUT2D eigenvalue weighted by Crippen LogP contribution is -2.42. The third-order valence-corrected chi connectivity index (χ3v) is 9.01. The zero-order valence-electron chi connectivity index (χ0n) is 27.6. The standard InChI is InChI=1S/C38H32Br2N4O6/c1-47-31-13-11-23(19-33(31)49-3)17-29-37(45)43(35(41-29)25-7-5-9-27(39)21-25)15-16-44-36(26-8-6-10-28(40)22-26)42-30(38(44)46)18-24-12-14-32(48-2)34(20-24)50-4/h5-14,17-22H,15-16H2,1-4H3/b29-17-,30-18+. The fourth-order valence-corrected chi connectivity index (χ4v) is 6.41. The van der Waals surface area contributed by atoms with Crippen LogP contribution in [0, 0.1) is 0 Å². The van der Waals surface area contributed by atoms with E-state index >= 15 is 0 Å². The van der Waals surface area contributed by atoms with Crippen LogP contribution in [0.25, 0.3) is 12.2 Å². The number of aliphatic imine (C=N–C) groups is 2. The average Bonchev–Trinajstić information content (AvgIpc) is 3.61. The summed E-state index contributed by atoms with van der Waals surface area (Å²) in [4.78, 5) is 40.9. The summed E-state index contributed by atoms with van der Waals surface area (Å²) < 4.78 is 23.3. The highest BCUT2D eigenvalue weighted by molar-refractivity contribution is 9.10. The van der Waals surface area contributed by atoms with Crippen molar-refractivity contribution >= 4 is 67.5 Å². The van der Waals surface area contributed by atoms with Gasteiger partial charge in [0.2, 0.25) is 0 Å². The first-order valence-corrected chi connectivity index (χ1v) is 17.0. The minimum Gasteiger partial charge on any atom is -0.493 e. The summed E-state index contributed by atoms with van der Waals surface area (Å²) in [5, 5.41) is 0. The molecule has 0 saturated heterocycles. The van der Waals surface area contributed by atoms with Crippen LogP contribution in [-0.4, -0.2) is 74.8 Å². The lowest BCUT2D eigenvalue weighted by atomic mass is 10.1. The van der Waals surface area contributed by atoms with Crippen LogP contribution < -0.4 is 18.9 Å². The topological polar surface area (TPSA) is 102 Å². The summed E-state index contributed by atoms with van der Waals surface area (Å²) in [6.07, 6.45) is 3.42. The van der Waals surface area contributed by atoms with Crippen LogP contribution >= 0.6 is 31.9 Å². The molecule has 50 heavy (non-hydrogen) atoms. The smallest absolute Gasteiger partial charge is 0.278 e. The fraction of sp³-hybridized carbons (Fsp3) is 0.158. The SMILES string of the molecule is COc1ccc(/C=C2\N=C(c3cccc(Br)c3)N(CCN3C(=O)/C(=C\c4ccc(OC)c(OC)c4)N=C3c3cccc(Br)c3)C2=O)cc1OC.